The minimum atomic E-state index is -1.24. The summed E-state index contributed by atoms with van der Waals surface area (Å²) >= 11 is 0. The molecule has 0 aromatic rings. The molecular formula is C12H20N2O5. The van der Waals surface area contributed by atoms with Gasteiger partial charge in [0.2, 0.25) is 5.91 Å². The lowest BCUT2D eigenvalue weighted by molar-refractivity contribution is -0.150. The van der Waals surface area contributed by atoms with Crippen molar-refractivity contribution in [3.05, 3.63) is 0 Å². The fourth-order valence-electron chi connectivity index (χ4n) is 2.20. The summed E-state index contributed by atoms with van der Waals surface area (Å²) < 4.78 is 0. The summed E-state index contributed by atoms with van der Waals surface area (Å²) in [6.45, 7) is 4.86. The number of nitrogens with one attached hydrogen (secondary N) is 1. The van der Waals surface area contributed by atoms with Gasteiger partial charge >= 0.3 is 11.9 Å². The number of likely N-dealkylation sites (tertiary alicyclic amines) is 1. The van der Waals surface area contributed by atoms with Gasteiger partial charge in [-0.05, 0) is 33.6 Å². The molecular weight excluding hydrogens is 252 g/mol. The van der Waals surface area contributed by atoms with E-state index in [9.17, 15) is 14.4 Å². The van der Waals surface area contributed by atoms with Crippen LogP contribution in [0.3, 0.4) is 0 Å². The van der Waals surface area contributed by atoms with Gasteiger partial charge in [-0.3, -0.25) is 14.9 Å². The van der Waals surface area contributed by atoms with E-state index in [-0.39, 0.29) is 5.91 Å². The normalized spacial score (nSPS) is 21.2. The quantitative estimate of drug-likeness (QED) is 0.645. The first-order valence-electron chi connectivity index (χ1n) is 6.21. The number of amides is 1. The summed E-state index contributed by atoms with van der Waals surface area (Å²) in [5, 5.41) is 20.7. The molecule has 0 radical (unpaired) electrons. The summed E-state index contributed by atoms with van der Waals surface area (Å²) in [6.07, 6.45) is 1.09. The van der Waals surface area contributed by atoms with E-state index in [1.807, 2.05) is 0 Å². The molecule has 0 unspecified atom stereocenters. The maximum Gasteiger partial charge on any atom is 0.326 e. The molecule has 1 heterocycles. The first-order chi connectivity index (χ1) is 8.66. The molecule has 108 valence electrons. The Labute approximate surface area is 111 Å². The first-order valence-corrected chi connectivity index (χ1v) is 6.21. The summed E-state index contributed by atoms with van der Waals surface area (Å²) in [7, 11) is 0. The molecule has 1 saturated heterocycles. The average Bonchev–Trinajstić information content (AvgIpc) is 2.75. The van der Waals surface area contributed by atoms with Crippen LogP contribution >= 0.6 is 0 Å². The standard InChI is InChI=1S/C12H20N2O5/c1-7(13-12(2,3)11(18)19)9(15)14-6-4-5-8(14)10(16)17/h7-8,13H,4-6H2,1-3H3,(H,16,17)(H,18,19)/t7-,8-/m0/s1. The van der Waals surface area contributed by atoms with E-state index < -0.39 is 29.6 Å². The summed E-state index contributed by atoms with van der Waals surface area (Å²) in [5.41, 5.74) is -1.24. The third-order valence-electron chi connectivity index (χ3n) is 3.30. The number of carbonyl (C=O) groups is 3. The molecule has 0 aromatic heterocycles. The van der Waals surface area contributed by atoms with Crippen molar-refractivity contribution in [3.8, 4) is 0 Å². The van der Waals surface area contributed by atoms with Gasteiger partial charge in [0.05, 0.1) is 6.04 Å². The molecule has 0 saturated carbocycles. The highest BCUT2D eigenvalue weighted by Gasteiger charge is 2.38. The molecule has 19 heavy (non-hydrogen) atoms. The lowest BCUT2D eigenvalue weighted by atomic mass is 10.0. The first kappa shape index (κ1) is 15.4. The molecule has 0 spiro atoms. The Kier molecular flexibility index (Phi) is 4.52. The van der Waals surface area contributed by atoms with Crippen LogP contribution in [-0.2, 0) is 14.4 Å². The maximum atomic E-state index is 12.2. The summed E-state index contributed by atoms with van der Waals surface area (Å²) in [4.78, 5) is 35.5. The summed E-state index contributed by atoms with van der Waals surface area (Å²) in [6, 6.07) is -1.55. The second-order valence-corrected chi connectivity index (χ2v) is 5.32. The molecule has 0 aliphatic carbocycles. The highest BCUT2D eigenvalue weighted by atomic mass is 16.4. The number of nitrogens with zero attached hydrogens (tertiary/aromatic N) is 1. The maximum absolute atomic E-state index is 12.2. The van der Waals surface area contributed by atoms with Crippen LogP contribution in [0.5, 0.6) is 0 Å². The van der Waals surface area contributed by atoms with Crippen LogP contribution in [0.4, 0.5) is 0 Å². The number of hydrogen-bond donors (Lipinski definition) is 3. The van der Waals surface area contributed by atoms with Crippen LogP contribution in [-0.4, -0.2) is 57.1 Å². The number of carboxylic acid groups (broad SMARTS) is 2. The minimum Gasteiger partial charge on any atom is -0.480 e. The highest BCUT2D eigenvalue weighted by molar-refractivity contribution is 5.88. The summed E-state index contributed by atoms with van der Waals surface area (Å²) in [5.74, 6) is -2.46. The molecule has 1 aliphatic heterocycles. The third kappa shape index (κ3) is 3.44. The Morgan fingerprint density at radius 3 is 2.37 bits per heavy atom. The number of hydrogen-bond acceptors (Lipinski definition) is 4. The smallest absolute Gasteiger partial charge is 0.326 e. The third-order valence-corrected chi connectivity index (χ3v) is 3.30. The predicted octanol–water partition coefficient (Wildman–Crippen LogP) is -0.0967. The van der Waals surface area contributed by atoms with Gasteiger partial charge in [-0.1, -0.05) is 0 Å². The molecule has 7 nitrogen and oxygen atoms in total. The van der Waals surface area contributed by atoms with Crippen molar-refractivity contribution in [2.24, 2.45) is 0 Å². The van der Waals surface area contributed by atoms with E-state index in [0.717, 1.165) is 0 Å². The van der Waals surface area contributed by atoms with E-state index in [0.29, 0.717) is 19.4 Å². The van der Waals surface area contributed by atoms with Crippen LogP contribution < -0.4 is 5.32 Å². The highest BCUT2D eigenvalue weighted by Crippen LogP contribution is 2.19. The molecule has 1 fully saturated rings. The fraction of sp³-hybridized carbons (Fsp3) is 0.750. The van der Waals surface area contributed by atoms with Crippen LogP contribution in [0, 0.1) is 0 Å². The zero-order chi connectivity index (χ0) is 14.8. The van der Waals surface area contributed by atoms with Crippen molar-refractivity contribution in [1.29, 1.82) is 0 Å². The van der Waals surface area contributed by atoms with Crippen molar-refractivity contribution in [2.45, 2.75) is 51.2 Å². The Hall–Kier alpha value is -1.63. The van der Waals surface area contributed by atoms with Crippen LogP contribution in [0.1, 0.15) is 33.6 Å². The van der Waals surface area contributed by atoms with Gasteiger partial charge < -0.3 is 15.1 Å². The predicted molar refractivity (Wildman–Crippen MR) is 66.7 cm³/mol. The topological polar surface area (TPSA) is 107 Å². The van der Waals surface area contributed by atoms with Crippen molar-refractivity contribution in [3.63, 3.8) is 0 Å². The van der Waals surface area contributed by atoms with Gasteiger partial charge in [0.15, 0.2) is 0 Å². The molecule has 1 aliphatic rings. The van der Waals surface area contributed by atoms with Crippen molar-refractivity contribution in [2.75, 3.05) is 6.54 Å². The zero-order valence-corrected chi connectivity index (χ0v) is 11.3. The van der Waals surface area contributed by atoms with Crippen molar-refractivity contribution in [1.82, 2.24) is 10.2 Å². The Morgan fingerprint density at radius 2 is 1.89 bits per heavy atom. The van der Waals surface area contributed by atoms with Crippen LogP contribution in [0.25, 0.3) is 0 Å². The SMILES string of the molecule is C[C@H](NC(C)(C)C(=O)O)C(=O)N1CCC[C@H]1C(=O)O. The largest absolute Gasteiger partial charge is 0.480 e. The molecule has 0 bridgehead atoms. The van der Waals surface area contributed by atoms with Crippen LogP contribution in [0.2, 0.25) is 0 Å². The van der Waals surface area contributed by atoms with Crippen LogP contribution in [0.15, 0.2) is 0 Å². The number of carbonyl (C=O) groups excluding carboxylic acids is 1. The van der Waals surface area contributed by atoms with Gasteiger partial charge in [-0.2, -0.15) is 0 Å². The Balaban J connectivity index is 2.72. The number of rotatable bonds is 5. The Morgan fingerprint density at radius 1 is 1.32 bits per heavy atom. The second-order valence-electron chi connectivity index (χ2n) is 5.32. The zero-order valence-electron chi connectivity index (χ0n) is 11.3. The number of aliphatic carboxylic acids is 2. The van der Waals surface area contributed by atoms with Gasteiger partial charge in [0.1, 0.15) is 11.6 Å². The molecule has 0 aromatic carbocycles. The van der Waals surface area contributed by atoms with Gasteiger partial charge in [-0.25, -0.2) is 4.79 Å². The van der Waals surface area contributed by atoms with Gasteiger partial charge in [0.25, 0.3) is 0 Å². The van der Waals surface area contributed by atoms with Crippen molar-refractivity contribution < 1.29 is 24.6 Å². The van der Waals surface area contributed by atoms with Gasteiger partial charge in [0, 0.05) is 6.54 Å². The lowest BCUT2D eigenvalue weighted by Gasteiger charge is -2.30. The molecule has 3 N–H and O–H groups in total. The molecule has 1 rings (SSSR count). The monoisotopic (exact) mass is 272 g/mol. The van der Waals surface area contributed by atoms with Crippen molar-refractivity contribution >= 4 is 17.8 Å². The Bertz CT molecular complexity index is 394. The molecule has 2 atom stereocenters. The van der Waals surface area contributed by atoms with Gasteiger partial charge in [-0.15, -0.1) is 0 Å². The lowest BCUT2D eigenvalue weighted by Crippen LogP contribution is -2.57. The van der Waals surface area contributed by atoms with E-state index in [1.54, 1.807) is 6.92 Å². The van der Waals surface area contributed by atoms with E-state index in [4.69, 9.17) is 10.2 Å². The second kappa shape index (κ2) is 5.56. The van der Waals surface area contributed by atoms with E-state index in [2.05, 4.69) is 5.32 Å². The van der Waals surface area contributed by atoms with E-state index >= 15 is 0 Å². The van der Waals surface area contributed by atoms with E-state index in [1.165, 1.54) is 18.7 Å². The molecule has 1 amide bonds. The minimum absolute atomic E-state index is 0.376. The average molecular weight is 272 g/mol. The number of carboxylic acids is 2. The molecule has 7 heteroatoms. The fourth-order valence-corrected chi connectivity index (χ4v) is 2.20.